The lowest BCUT2D eigenvalue weighted by Crippen LogP contribution is -2.24. The molecule has 1 atom stereocenters. The molecular weight excluding hydrogens is 218 g/mol. The van der Waals surface area contributed by atoms with Crippen molar-refractivity contribution in [3.63, 3.8) is 0 Å². The molecular formula is C17H29N. The fourth-order valence-electron chi connectivity index (χ4n) is 2.91. The van der Waals surface area contributed by atoms with Gasteiger partial charge in [-0.25, -0.2) is 0 Å². The maximum absolute atomic E-state index is 3.43. The molecule has 0 saturated carbocycles. The summed E-state index contributed by atoms with van der Waals surface area (Å²) in [6, 6.07) is 5.31. The molecule has 1 aromatic rings. The van der Waals surface area contributed by atoms with Crippen molar-refractivity contribution < 1.29 is 0 Å². The molecule has 1 N–H and O–H groups in total. The van der Waals surface area contributed by atoms with Crippen LogP contribution in [0.1, 0.15) is 54.9 Å². The highest BCUT2D eigenvalue weighted by atomic mass is 14.9. The van der Waals surface area contributed by atoms with Crippen molar-refractivity contribution in [1.82, 2.24) is 5.32 Å². The first-order valence-electron chi connectivity index (χ1n) is 7.32. The molecule has 0 aliphatic heterocycles. The Bertz CT molecular complexity index is 345. The summed E-state index contributed by atoms with van der Waals surface area (Å²) < 4.78 is 0. The Labute approximate surface area is 113 Å². The predicted octanol–water partition coefficient (Wildman–Crippen LogP) is 4.32. The van der Waals surface area contributed by atoms with E-state index in [2.05, 4.69) is 52.2 Å². The summed E-state index contributed by atoms with van der Waals surface area (Å²) in [7, 11) is 2.09. The average molecular weight is 247 g/mol. The third kappa shape index (κ3) is 4.45. The van der Waals surface area contributed by atoms with E-state index in [0.717, 1.165) is 0 Å². The van der Waals surface area contributed by atoms with Gasteiger partial charge in [0.1, 0.15) is 0 Å². The van der Waals surface area contributed by atoms with Crippen molar-refractivity contribution in [1.29, 1.82) is 0 Å². The Morgan fingerprint density at radius 1 is 1.06 bits per heavy atom. The molecule has 0 saturated heterocycles. The normalized spacial score (nSPS) is 12.7. The molecule has 1 unspecified atom stereocenters. The van der Waals surface area contributed by atoms with Crippen molar-refractivity contribution in [2.45, 2.75) is 65.8 Å². The molecule has 0 fully saturated rings. The van der Waals surface area contributed by atoms with E-state index in [1.54, 1.807) is 5.56 Å². The van der Waals surface area contributed by atoms with Crippen LogP contribution in [-0.4, -0.2) is 13.1 Å². The van der Waals surface area contributed by atoms with Crippen molar-refractivity contribution in [3.05, 3.63) is 34.4 Å². The number of hydrogen-bond acceptors (Lipinski definition) is 1. The lowest BCUT2D eigenvalue weighted by atomic mass is 9.94. The standard InChI is InChI=1S/C17H29N/c1-6-8-16(18-5)9-7-10-17-14(3)11-13(2)12-15(17)4/h11-12,16,18H,6-10H2,1-5H3. The average Bonchev–Trinajstić information content (AvgIpc) is 2.31. The predicted molar refractivity (Wildman–Crippen MR) is 81.3 cm³/mol. The van der Waals surface area contributed by atoms with Crippen molar-refractivity contribution in [3.8, 4) is 0 Å². The SMILES string of the molecule is CCCC(CCCc1c(C)cc(C)cc1C)NC. The highest BCUT2D eigenvalue weighted by Gasteiger charge is 2.07. The quantitative estimate of drug-likeness (QED) is 0.756. The molecule has 0 aliphatic rings. The summed E-state index contributed by atoms with van der Waals surface area (Å²) in [5.74, 6) is 0. The van der Waals surface area contributed by atoms with Crippen LogP contribution in [0.4, 0.5) is 0 Å². The van der Waals surface area contributed by atoms with Crippen molar-refractivity contribution in [2.75, 3.05) is 7.05 Å². The largest absolute Gasteiger partial charge is 0.317 e. The lowest BCUT2D eigenvalue weighted by Gasteiger charge is -2.16. The van der Waals surface area contributed by atoms with Crippen LogP contribution in [0.15, 0.2) is 12.1 Å². The zero-order valence-corrected chi connectivity index (χ0v) is 12.8. The zero-order valence-electron chi connectivity index (χ0n) is 12.8. The van der Waals surface area contributed by atoms with Gasteiger partial charge in [-0.1, -0.05) is 31.0 Å². The first kappa shape index (κ1) is 15.2. The molecule has 102 valence electrons. The molecule has 18 heavy (non-hydrogen) atoms. The Morgan fingerprint density at radius 3 is 2.17 bits per heavy atom. The van der Waals surface area contributed by atoms with E-state index in [9.17, 15) is 0 Å². The summed E-state index contributed by atoms with van der Waals surface area (Å²) in [6.45, 7) is 8.94. The Balaban J connectivity index is 2.53. The van der Waals surface area contributed by atoms with Crippen molar-refractivity contribution in [2.24, 2.45) is 0 Å². The fourth-order valence-corrected chi connectivity index (χ4v) is 2.91. The van der Waals surface area contributed by atoms with Gasteiger partial charge in [0.2, 0.25) is 0 Å². The monoisotopic (exact) mass is 247 g/mol. The van der Waals surface area contributed by atoms with Crippen LogP contribution in [0.3, 0.4) is 0 Å². The van der Waals surface area contributed by atoms with Crippen molar-refractivity contribution >= 4 is 0 Å². The van der Waals surface area contributed by atoms with E-state index in [1.165, 1.54) is 48.8 Å². The van der Waals surface area contributed by atoms with Crippen LogP contribution >= 0.6 is 0 Å². The minimum absolute atomic E-state index is 0.695. The molecule has 0 radical (unpaired) electrons. The smallest absolute Gasteiger partial charge is 0.00640 e. The molecule has 1 nitrogen and oxygen atoms in total. The summed E-state index contributed by atoms with van der Waals surface area (Å²) >= 11 is 0. The number of hydrogen-bond donors (Lipinski definition) is 1. The summed E-state index contributed by atoms with van der Waals surface area (Å²) in [4.78, 5) is 0. The van der Waals surface area contributed by atoms with E-state index >= 15 is 0 Å². The van der Waals surface area contributed by atoms with Gasteiger partial charge in [-0.3, -0.25) is 0 Å². The Hall–Kier alpha value is -0.820. The third-order valence-electron chi connectivity index (χ3n) is 3.87. The molecule has 0 bridgehead atoms. The topological polar surface area (TPSA) is 12.0 Å². The maximum atomic E-state index is 3.43. The second-order valence-corrected chi connectivity index (χ2v) is 5.54. The molecule has 1 heteroatoms. The first-order chi connectivity index (χ1) is 8.58. The van der Waals surface area contributed by atoms with E-state index < -0.39 is 0 Å². The van der Waals surface area contributed by atoms with E-state index in [1.807, 2.05) is 0 Å². The maximum Gasteiger partial charge on any atom is 0.00640 e. The minimum atomic E-state index is 0.695. The summed E-state index contributed by atoms with van der Waals surface area (Å²) in [6.07, 6.45) is 6.36. The van der Waals surface area contributed by atoms with Crippen LogP contribution < -0.4 is 5.32 Å². The van der Waals surface area contributed by atoms with Gasteiger partial charge < -0.3 is 5.32 Å². The van der Waals surface area contributed by atoms with Gasteiger partial charge in [-0.05, 0) is 70.2 Å². The number of aryl methyl sites for hydroxylation is 3. The summed E-state index contributed by atoms with van der Waals surface area (Å²) in [5.41, 5.74) is 5.87. The third-order valence-corrected chi connectivity index (χ3v) is 3.87. The van der Waals surface area contributed by atoms with E-state index in [0.29, 0.717) is 6.04 Å². The minimum Gasteiger partial charge on any atom is -0.317 e. The van der Waals surface area contributed by atoms with Gasteiger partial charge in [-0.2, -0.15) is 0 Å². The molecule has 1 aromatic carbocycles. The number of nitrogens with one attached hydrogen (secondary N) is 1. The highest BCUT2D eigenvalue weighted by molar-refractivity contribution is 5.37. The van der Waals surface area contributed by atoms with Crippen LogP contribution in [0.25, 0.3) is 0 Å². The van der Waals surface area contributed by atoms with Crippen LogP contribution in [-0.2, 0) is 6.42 Å². The Kier molecular flexibility index (Phi) is 6.42. The molecule has 0 amide bonds. The summed E-state index contributed by atoms with van der Waals surface area (Å²) in [5, 5.41) is 3.43. The van der Waals surface area contributed by atoms with Crippen LogP contribution in [0.2, 0.25) is 0 Å². The van der Waals surface area contributed by atoms with Gasteiger partial charge in [-0.15, -0.1) is 0 Å². The second kappa shape index (κ2) is 7.58. The first-order valence-corrected chi connectivity index (χ1v) is 7.32. The Morgan fingerprint density at radius 2 is 1.67 bits per heavy atom. The molecule has 1 rings (SSSR count). The number of rotatable bonds is 7. The van der Waals surface area contributed by atoms with Gasteiger partial charge in [0, 0.05) is 6.04 Å². The molecule has 0 heterocycles. The lowest BCUT2D eigenvalue weighted by molar-refractivity contribution is 0.469. The fraction of sp³-hybridized carbons (Fsp3) is 0.647. The van der Waals surface area contributed by atoms with Gasteiger partial charge in [0.05, 0.1) is 0 Å². The van der Waals surface area contributed by atoms with Gasteiger partial charge in [0.15, 0.2) is 0 Å². The van der Waals surface area contributed by atoms with Gasteiger partial charge in [0.25, 0.3) is 0 Å². The van der Waals surface area contributed by atoms with Gasteiger partial charge >= 0.3 is 0 Å². The number of benzene rings is 1. The second-order valence-electron chi connectivity index (χ2n) is 5.54. The highest BCUT2D eigenvalue weighted by Crippen LogP contribution is 2.19. The van der Waals surface area contributed by atoms with E-state index in [4.69, 9.17) is 0 Å². The van der Waals surface area contributed by atoms with E-state index in [-0.39, 0.29) is 0 Å². The van der Waals surface area contributed by atoms with Crippen LogP contribution in [0.5, 0.6) is 0 Å². The molecule has 0 aliphatic carbocycles. The zero-order chi connectivity index (χ0) is 13.5. The molecule has 0 aromatic heterocycles. The van der Waals surface area contributed by atoms with Crippen LogP contribution in [0, 0.1) is 20.8 Å². The molecule has 0 spiro atoms.